The minimum Gasteiger partial charge on any atom is -0.497 e. The van der Waals surface area contributed by atoms with Gasteiger partial charge in [-0.3, -0.25) is 9.79 Å². The number of fused-ring (bicyclic) bond motifs is 1. The van der Waals surface area contributed by atoms with E-state index in [1.165, 1.54) is 0 Å². The maximum atomic E-state index is 12.6. The molecule has 0 saturated carbocycles. The van der Waals surface area contributed by atoms with Gasteiger partial charge in [-0.05, 0) is 30.3 Å². The van der Waals surface area contributed by atoms with Crippen LogP contribution in [-0.4, -0.2) is 44.9 Å². The highest BCUT2D eigenvalue weighted by Gasteiger charge is 2.24. The molecular weight excluding hydrogens is 410 g/mol. The second-order valence-corrected chi connectivity index (χ2v) is 7.28. The molecule has 160 valence electrons. The first-order chi connectivity index (χ1) is 14.7. The molecule has 0 aliphatic carbocycles. The van der Waals surface area contributed by atoms with Crippen molar-refractivity contribution in [1.29, 1.82) is 0 Å². The van der Waals surface area contributed by atoms with Crippen molar-refractivity contribution in [3.8, 4) is 5.75 Å². The molecule has 4 rings (SSSR count). The normalized spacial score (nSPS) is 15.1. The Labute approximate surface area is 189 Å². The first kappa shape index (κ1) is 22.4. The minimum atomic E-state index is -0.101. The van der Waals surface area contributed by atoms with Crippen LogP contribution in [0.5, 0.6) is 5.75 Å². The molecule has 1 heterocycles. The van der Waals surface area contributed by atoms with Crippen LogP contribution in [0.15, 0.2) is 83.9 Å². The van der Waals surface area contributed by atoms with Gasteiger partial charge in [0.15, 0.2) is 0 Å². The highest BCUT2D eigenvalue weighted by molar-refractivity contribution is 6.16. The zero-order valence-electron chi connectivity index (χ0n) is 17.6. The van der Waals surface area contributed by atoms with Gasteiger partial charge in [-0.25, -0.2) is 0 Å². The molecule has 6 heteroatoms. The molecule has 1 unspecified atom stereocenters. The van der Waals surface area contributed by atoms with E-state index in [-0.39, 0.29) is 24.4 Å². The summed E-state index contributed by atoms with van der Waals surface area (Å²) in [4.78, 5) is 19.8. The Morgan fingerprint density at radius 3 is 2.42 bits per heavy atom. The van der Waals surface area contributed by atoms with Crippen LogP contribution in [0.25, 0.3) is 0 Å². The van der Waals surface area contributed by atoms with E-state index in [1.807, 2.05) is 30.3 Å². The van der Waals surface area contributed by atoms with E-state index in [0.717, 1.165) is 28.3 Å². The summed E-state index contributed by atoms with van der Waals surface area (Å²) in [6, 6.07) is 25.7. The third kappa shape index (κ3) is 4.89. The number of methoxy groups -OCH3 is 1. The van der Waals surface area contributed by atoms with Gasteiger partial charge in [0.25, 0.3) is 5.91 Å². The molecule has 3 aromatic carbocycles. The Kier molecular flexibility index (Phi) is 7.32. The second kappa shape index (κ2) is 10.1. The van der Waals surface area contributed by atoms with Crippen molar-refractivity contribution < 1.29 is 9.53 Å². The summed E-state index contributed by atoms with van der Waals surface area (Å²) in [5.41, 5.74) is 4.92. The molecule has 5 nitrogen and oxygen atoms in total. The summed E-state index contributed by atoms with van der Waals surface area (Å²) in [6.07, 6.45) is 0. The highest BCUT2D eigenvalue weighted by atomic mass is 35.5. The smallest absolute Gasteiger partial charge is 0.251 e. The number of carbonyl (C=O) groups is 1. The van der Waals surface area contributed by atoms with Crippen LogP contribution in [0.2, 0.25) is 0 Å². The van der Waals surface area contributed by atoms with Crippen LogP contribution < -0.4 is 15.0 Å². The van der Waals surface area contributed by atoms with Crippen molar-refractivity contribution in [2.75, 3.05) is 32.1 Å². The lowest BCUT2D eigenvalue weighted by atomic mass is 10.0. The van der Waals surface area contributed by atoms with E-state index >= 15 is 0 Å². The number of hydrogen-bond donors (Lipinski definition) is 1. The SMILES string of the molecule is COc1ccc(C(=O)NCC2CN=C(c3ccccc3)c3ccccc3N2C)cc1.Cl. The minimum absolute atomic E-state index is 0. The van der Waals surface area contributed by atoms with E-state index in [9.17, 15) is 4.79 Å². The number of amides is 1. The topological polar surface area (TPSA) is 53.9 Å². The molecule has 0 spiro atoms. The number of para-hydroxylation sites is 1. The molecule has 0 saturated heterocycles. The van der Waals surface area contributed by atoms with Gasteiger partial charge in [-0.2, -0.15) is 0 Å². The lowest BCUT2D eigenvalue weighted by Gasteiger charge is -2.28. The molecule has 0 radical (unpaired) electrons. The van der Waals surface area contributed by atoms with Crippen LogP contribution in [0.1, 0.15) is 21.5 Å². The highest BCUT2D eigenvalue weighted by Crippen LogP contribution is 2.27. The van der Waals surface area contributed by atoms with Crippen molar-refractivity contribution in [1.82, 2.24) is 5.32 Å². The molecule has 1 atom stereocenters. The fourth-order valence-corrected chi connectivity index (χ4v) is 3.68. The van der Waals surface area contributed by atoms with Gasteiger partial charge >= 0.3 is 0 Å². The second-order valence-electron chi connectivity index (χ2n) is 7.28. The maximum absolute atomic E-state index is 12.6. The number of carbonyl (C=O) groups excluding carboxylic acids is 1. The maximum Gasteiger partial charge on any atom is 0.251 e. The number of halogens is 1. The van der Waals surface area contributed by atoms with Gasteiger partial charge < -0.3 is 15.0 Å². The first-order valence-electron chi connectivity index (χ1n) is 10.0. The lowest BCUT2D eigenvalue weighted by Crippen LogP contribution is -2.43. The number of rotatable bonds is 5. The summed E-state index contributed by atoms with van der Waals surface area (Å²) in [5.74, 6) is 0.630. The van der Waals surface area contributed by atoms with E-state index < -0.39 is 0 Å². The fraction of sp³-hybridized carbons (Fsp3) is 0.200. The zero-order valence-corrected chi connectivity index (χ0v) is 18.4. The summed E-state index contributed by atoms with van der Waals surface area (Å²) >= 11 is 0. The predicted octanol–water partition coefficient (Wildman–Crippen LogP) is 4.20. The number of nitrogens with one attached hydrogen (secondary N) is 1. The van der Waals surface area contributed by atoms with Crippen LogP contribution in [-0.2, 0) is 0 Å². The molecule has 1 aliphatic rings. The number of aliphatic imine (C=N–C) groups is 1. The van der Waals surface area contributed by atoms with Gasteiger partial charge in [-0.15, -0.1) is 12.4 Å². The Morgan fingerprint density at radius 2 is 1.71 bits per heavy atom. The Balaban J connectivity index is 0.00000272. The Bertz CT molecular complexity index is 1050. The largest absolute Gasteiger partial charge is 0.497 e. The summed E-state index contributed by atoms with van der Waals surface area (Å²) in [7, 11) is 3.67. The molecule has 1 N–H and O–H groups in total. The monoisotopic (exact) mass is 435 g/mol. The van der Waals surface area contributed by atoms with E-state index in [1.54, 1.807) is 31.4 Å². The first-order valence-corrected chi connectivity index (χ1v) is 10.0. The van der Waals surface area contributed by atoms with Crippen molar-refractivity contribution in [3.63, 3.8) is 0 Å². The van der Waals surface area contributed by atoms with Crippen LogP contribution >= 0.6 is 12.4 Å². The number of benzene rings is 3. The molecule has 1 amide bonds. The zero-order chi connectivity index (χ0) is 20.9. The summed E-state index contributed by atoms with van der Waals surface area (Å²) < 4.78 is 5.16. The number of hydrogen-bond acceptors (Lipinski definition) is 4. The lowest BCUT2D eigenvalue weighted by molar-refractivity contribution is 0.0951. The number of nitrogens with zero attached hydrogens (tertiary/aromatic N) is 2. The average Bonchev–Trinajstić information content (AvgIpc) is 2.95. The molecule has 0 fully saturated rings. The van der Waals surface area contributed by atoms with Gasteiger partial charge in [0.2, 0.25) is 0 Å². The van der Waals surface area contributed by atoms with E-state index in [2.05, 4.69) is 41.5 Å². The molecule has 1 aliphatic heterocycles. The average molecular weight is 436 g/mol. The molecule has 0 aromatic heterocycles. The van der Waals surface area contributed by atoms with Gasteiger partial charge in [0.05, 0.1) is 25.4 Å². The number of ether oxygens (including phenoxy) is 1. The third-order valence-electron chi connectivity index (χ3n) is 5.44. The van der Waals surface area contributed by atoms with Crippen LogP contribution in [0.3, 0.4) is 0 Å². The fourth-order valence-electron chi connectivity index (χ4n) is 3.68. The van der Waals surface area contributed by atoms with E-state index in [4.69, 9.17) is 9.73 Å². The number of benzodiazepines with no additional fused rings is 1. The quantitative estimate of drug-likeness (QED) is 0.653. The van der Waals surface area contributed by atoms with Crippen molar-refractivity contribution >= 4 is 29.7 Å². The number of anilines is 1. The summed E-state index contributed by atoms with van der Waals surface area (Å²) in [6.45, 7) is 1.10. The van der Waals surface area contributed by atoms with Crippen LogP contribution in [0, 0.1) is 0 Å². The molecule has 0 bridgehead atoms. The molecule has 31 heavy (non-hydrogen) atoms. The van der Waals surface area contributed by atoms with E-state index in [0.29, 0.717) is 18.7 Å². The summed E-state index contributed by atoms with van der Waals surface area (Å²) in [5, 5.41) is 3.06. The van der Waals surface area contributed by atoms with Crippen molar-refractivity contribution in [2.45, 2.75) is 6.04 Å². The van der Waals surface area contributed by atoms with Crippen molar-refractivity contribution in [3.05, 3.63) is 95.6 Å². The number of likely N-dealkylation sites (N-methyl/N-ethyl adjacent to an activating group) is 1. The van der Waals surface area contributed by atoms with Crippen LogP contribution in [0.4, 0.5) is 5.69 Å². The van der Waals surface area contributed by atoms with Crippen molar-refractivity contribution in [2.24, 2.45) is 4.99 Å². The van der Waals surface area contributed by atoms with Gasteiger partial charge in [0, 0.05) is 36.0 Å². The van der Waals surface area contributed by atoms with Gasteiger partial charge in [-0.1, -0.05) is 48.5 Å². The standard InChI is InChI=1S/C25H25N3O2.ClH/c1-28-20(17-27-25(29)19-12-14-21(30-2)15-13-19)16-26-24(18-8-4-3-5-9-18)22-10-6-7-11-23(22)28;/h3-15,20H,16-17H2,1-2H3,(H,27,29);1H. The Morgan fingerprint density at radius 1 is 1.03 bits per heavy atom. The third-order valence-corrected chi connectivity index (χ3v) is 5.44. The predicted molar refractivity (Wildman–Crippen MR) is 128 cm³/mol. The van der Waals surface area contributed by atoms with Gasteiger partial charge in [0.1, 0.15) is 5.75 Å². The molecular formula is C25H26ClN3O2. The Hall–Kier alpha value is -3.31. The molecule has 3 aromatic rings.